The Morgan fingerprint density at radius 3 is 2.57 bits per heavy atom. The van der Waals surface area contributed by atoms with Crippen molar-refractivity contribution in [2.24, 2.45) is 0 Å². The van der Waals surface area contributed by atoms with Crippen molar-refractivity contribution >= 4 is 17.5 Å². The minimum atomic E-state index is 0.0934. The number of hydrogen-bond donors (Lipinski definition) is 0. The predicted molar refractivity (Wildman–Crippen MR) is 83.8 cm³/mol. The van der Waals surface area contributed by atoms with Gasteiger partial charge in [-0.2, -0.15) is 0 Å². The second-order valence-electron chi connectivity index (χ2n) is 6.19. The van der Waals surface area contributed by atoms with Gasteiger partial charge in [0.25, 0.3) is 5.91 Å². The number of rotatable bonds is 5. The number of amides is 1. The lowest BCUT2D eigenvalue weighted by Gasteiger charge is -2.29. The van der Waals surface area contributed by atoms with Crippen LogP contribution in [-0.4, -0.2) is 29.5 Å². The molecular formula is C17H22ClNO2. The van der Waals surface area contributed by atoms with E-state index >= 15 is 0 Å². The van der Waals surface area contributed by atoms with Gasteiger partial charge >= 0.3 is 0 Å². The summed E-state index contributed by atoms with van der Waals surface area (Å²) in [5.41, 5.74) is 1.08. The summed E-state index contributed by atoms with van der Waals surface area (Å²) in [5, 5.41) is 0.562. The Balaban J connectivity index is 1.63. The summed E-state index contributed by atoms with van der Waals surface area (Å²) in [6.45, 7) is 2.08. The number of halogens is 1. The van der Waals surface area contributed by atoms with Crippen LogP contribution in [0.15, 0.2) is 18.2 Å². The average Bonchev–Trinajstić information content (AvgIpc) is 3.14. The monoisotopic (exact) mass is 307 g/mol. The summed E-state index contributed by atoms with van der Waals surface area (Å²) in [6, 6.07) is 6.52. The number of aryl methyl sites for hydroxylation is 1. The number of hydrogen-bond acceptors (Lipinski definition) is 2. The SMILES string of the molecule is Cc1ccc(Cl)c(OCC(=O)N(C2CCCC2)C2CC2)c1. The van der Waals surface area contributed by atoms with Gasteiger partial charge in [0.05, 0.1) is 5.02 Å². The lowest BCUT2D eigenvalue weighted by Crippen LogP contribution is -2.43. The molecule has 21 heavy (non-hydrogen) atoms. The van der Waals surface area contributed by atoms with Crippen LogP contribution in [0.5, 0.6) is 5.75 Å². The average molecular weight is 308 g/mol. The Bertz CT molecular complexity index is 522. The van der Waals surface area contributed by atoms with Crippen molar-refractivity contribution in [2.45, 2.75) is 57.5 Å². The van der Waals surface area contributed by atoms with Gasteiger partial charge in [-0.15, -0.1) is 0 Å². The van der Waals surface area contributed by atoms with E-state index in [0.29, 0.717) is 22.9 Å². The first-order chi connectivity index (χ1) is 10.1. The molecule has 1 amide bonds. The molecule has 0 heterocycles. The summed E-state index contributed by atoms with van der Waals surface area (Å²) in [5.74, 6) is 0.717. The van der Waals surface area contributed by atoms with Crippen molar-refractivity contribution in [3.05, 3.63) is 28.8 Å². The maximum absolute atomic E-state index is 12.5. The molecule has 0 spiro atoms. The van der Waals surface area contributed by atoms with E-state index in [1.807, 2.05) is 25.1 Å². The van der Waals surface area contributed by atoms with E-state index in [9.17, 15) is 4.79 Å². The molecule has 0 bridgehead atoms. The Morgan fingerprint density at radius 1 is 1.24 bits per heavy atom. The lowest BCUT2D eigenvalue weighted by atomic mass is 10.2. The summed E-state index contributed by atoms with van der Waals surface area (Å²) >= 11 is 6.11. The van der Waals surface area contributed by atoms with Crippen molar-refractivity contribution in [3.8, 4) is 5.75 Å². The third-order valence-corrected chi connectivity index (χ3v) is 4.70. The zero-order valence-corrected chi connectivity index (χ0v) is 13.2. The number of carbonyl (C=O) groups is 1. The Morgan fingerprint density at radius 2 is 1.90 bits per heavy atom. The normalized spacial score (nSPS) is 18.8. The minimum Gasteiger partial charge on any atom is -0.482 e. The molecule has 0 saturated heterocycles. The van der Waals surface area contributed by atoms with E-state index in [1.165, 1.54) is 12.8 Å². The van der Waals surface area contributed by atoms with Gasteiger partial charge in [0.2, 0.25) is 0 Å². The van der Waals surface area contributed by atoms with Crippen molar-refractivity contribution in [2.75, 3.05) is 6.61 Å². The smallest absolute Gasteiger partial charge is 0.261 e. The predicted octanol–water partition coefficient (Wildman–Crippen LogP) is 3.96. The van der Waals surface area contributed by atoms with Crippen LogP contribution in [0.1, 0.15) is 44.1 Å². The van der Waals surface area contributed by atoms with E-state index in [4.69, 9.17) is 16.3 Å². The molecule has 2 aliphatic carbocycles. The molecule has 1 aromatic rings. The van der Waals surface area contributed by atoms with Crippen LogP contribution < -0.4 is 4.74 Å². The minimum absolute atomic E-state index is 0.0934. The molecule has 2 aliphatic rings. The van der Waals surface area contributed by atoms with Crippen LogP contribution in [0.2, 0.25) is 5.02 Å². The Hall–Kier alpha value is -1.22. The van der Waals surface area contributed by atoms with Gasteiger partial charge in [0.1, 0.15) is 5.75 Å². The van der Waals surface area contributed by atoms with Crippen LogP contribution in [0.3, 0.4) is 0 Å². The fraction of sp³-hybridized carbons (Fsp3) is 0.588. The standard InChI is InChI=1S/C17H22ClNO2/c1-12-6-9-15(18)16(10-12)21-11-17(20)19(14-7-8-14)13-4-2-3-5-13/h6,9-10,13-14H,2-5,7-8,11H2,1H3. The Kier molecular flexibility index (Phi) is 4.39. The molecule has 3 nitrogen and oxygen atoms in total. The highest BCUT2D eigenvalue weighted by Crippen LogP contribution is 2.34. The van der Waals surface area contributed by atoms with Gasteiger partial charge in [0.15, 0.2) is 6.61 Å². The maximum atomic E-state index is 12.5. The number of carbonyl (C=O) groups excluding carboxylic acids is 1. The second-order valence-corrected chi connectivity index (χ2v) is 6.60. The van der Waals surface area contributed by atoms with Gasteiger partial charge in [-0.25, -0.2) is 0 Å². The number of benzene rings is 1. The Labute approximate surface area is 131 Å². The van der Waals surface area contributed by atoms with Crippen LogP contribution in [0, 0.1) is 6.92 Å². The zero-order chi connectivity index (χ0) is 14.8. The van der Waals surface area contributed by atoms with Crippen molar-refractivity contribution < 1.29 is 9.53 Å². The van der Waals surface area contributed by atoms with Crippen LogP contribution in [0.25, 0.3) is 0 Å². The first kappa shape index (κ1) is 14.7. The third kappa shape index (κ3) is 3.52. The molecule has 2 saturated carbocycles. The summed E-state index contributed by atoms with van der Waals surface area (Å²) in [4.78, 5) is 14.6. The van der Waals surface area contributed by atoms with Gasteiger partial charge in [0, 0.05) is 12.1 Å². The molecule has 0 atom stereocenters. The third-order valence-electron chi connectivity index (χ3n) is 4.38. The van der Waals surface area contributed by atoms with Gasteiger partial charge in [-0.3, -0.25) is 4.79 Å². The highest BCUT2D eigenvalue weighted by molar-refractivity contribution is 6.32. The molecule has 0 aromatic heterocycles. The summed E-state index contributed by atoms with van der Waals surface area (Å²) in [6.07, 6.45) is 7.07. The van der Waals surface area contributed by atoms with Crippen LogP contribution >= 0.6 is 11.6 Å². The molecule has 0 radical (unpaired) electrons. The van der Waals surface area contributed by atoms with Gasteiger partial charge in [-0.05, 0) is 50.3 Å². The number of nitrogens with zero attached hydrogens (tertiary/aromatic N) is 1. The molecular weight excluding hydrogens is 286 g/mol. The quantitative estimate of drug-likeness (QED) is 0.824. The molecule has 1 aromatic carbocycles. The van der Waals surface area contributed by atoms with Crippen molar-refractivity contribution in [1.29, 1.82) is 0 Å². The molecule has 0 N–H and O–H groups in total. The van der Waals surface area contributed by atoms with E-state index < -0.39 is 0 Å². The van der Waals surface area contributed by atoms with E-state index in [-0.39, 0.29) is 12.5 Å². The van der Waals surface area contributed by atoms with Crippen molar-refractivity contribution in [3.63, 3.8) is 0 Å². The molecule has 0 unspecified atom stereocenters. The molecule has 3 rings (SSSR count). The van der Waals surface area contributed by atoms with Gasteiger partial charge < -0.3 is 9.64 Å². The first-order valence-corrected chi connectivity index (χ1v) is 8.23. The fourth-order valence-electron chi connectivity index (χ4n) is 3.18. The fourth-order valence-corrected chi connectivity index (χ4v) is 3.35. The zero-order valence-electron chi connectivity index (χ0n) is 12.5. The molecule has 0 aliphatic heterocycles. The lowest BCUT2D eigenvalue weighted by molar-refractivity contribution is -0.136. The molecule has 4 heteroatoms. The van der Waals surface area contributed by atoms with E-state index in [2.05, 4.69) is 4.90 Å². The number of ether oxygens (including phenoxy) is 1. The summed E-state index contributed by atoms with van der Waals surface area (Å²) < 4.78 is 5.67. The van der Waals surface area contributed by atoms with Crippen LogP contribution in [-0.2, 0) is 4.79 Å². The largest absolute Gasteiger partial charge is 0.482 e. The van der Waals surface area contributed by atoms with Crippen molar-refractivity contribution in [1.82, 2.24) is 4.90 Å². The molecule has 114 valence electrons. The maximum Gasteiger partial charge on any atom is 0.261 e. The highest BCUT2D eigenvalue weighted by Gasteiger charge is 2.38. The molecule has 2 fully saturated rings. The van der Waals surface area contributed by atoms with Gasteiger partial charge in [-0.1, -0.05) is 30.5 Å². The highest BCUT2D eigenvalue weighted by atomic mass is 35.5. The van der Waals surface area contributed by atoms with E-state index in [0.717, 1.165) is 31.2 Å². The van der Waals surface area contributed by atoms with E-state index in [1.54, 1.807) is 0 Å². The topological polar surface area (TPSA) is 29.5 Å². The first-order valence-electron chi connectivity index (χ1n) is 7.85. The van der Waals surface area contributed by atoms with Crippen LogP contribution in [0.4, 0.5) is 0 Å². The summed E-state index contributed by atoms with van der Waals surface area (Å²) in [7, 11) is 0. The second kappa shape index (κ2) is 6.27.